The Morgan fingerprint density at radius 1 is 1.31 bits per heavy atom. The van der Waals surface area contributed by atoms with Crippen molar-refractivity contribution in [1.82, 2.24) is 0 Å². The van der Waals surface area contributed by atoms with E-state index in [2.05, 4.69) is 0 Å². The van der Waals surface area contributed by atoms with Crippen LogP contribution in [0.1, 0.15) is 12.0 Å². The van der Waals surface area contributed by atoms with E-state index >= 15 is 0 Å². The van der Waals surface area contributed by atoms with Crippen LogP contribution in [0.5, 0.6) is 17.2 Å². The number of benzene rings is 1. The smallest absolute Gasteiger partial charge is 0.179 e. The Bertz CT molecular complexity index is 365. The monoisotopic (exact) mass is 246 g/mol. The SMILES string of the molecule is COc1cc(O)c(CCCO)c(Cl)c1OC. The van der Waals surface area contributed by atoms with Crippen LogP contribution < -0.4 is 9.47 Å². The summed E-state index contributed by atoms with van der Waals surface area (Å²) < 4.78 is 10.2. The van der Waals surface area contributed by atoms with Crippen molar-refractivity contribution in [3.8, 4) is 17.2 Å². The zero-order valence-corrected chi connectivity index (χ0v) is 10.0. The molecule has 0 amide bonds. The van der Waals surface area contributed by atoms with Gasteiger partial charge in [-0.15, -0.1) is 0 Å². The molecule has 0 aliphatic rings. The molecule has 16 heavy (non-hydrogen) atoms. The number of ether oxygens (including phenoxy) is 2. The molecule has 0 aliphatic heterocycles. The Labute approximate surface area is 99.4 Å². The van der Waals surface area contributed by atoms with Gasteiger partial charge in [0.25, 0.3) is 0 Å². The first-order chi connectivity index (χ1) is 7.65. The summed E-state index contributed by atoms with van der Waals surface area (Å²) in [5, 5.41) is 18.8. The normalized spacial score (nSPS) is 10.2. The number of methoxy groups -OCH3 is 2. The molecule has 5 heteroatoms. The summed E-state index contributed by atoms with van der Waals surface area (Å²) >= 11 is 6.09. The molecule has 0 aliphatic carbocycles. The van der Waals surface area contributed by atoms with Crippen LogP contribution in [-0.2, 0) is 6.42 Å². The molecule has 0 aromatic heterocycles. The summed E-state index contributed by atoms with van der Waals surface area (Å²) in [6.45, 7) is 0.0457. The first kappa shape index (κ1) is 12.9. The lowest BCUT2D eigenvalue weighted by Gasteiger charge is -2.14. The predicted molar refractivity (Wildman–Crippen MR) is 61.6 cm³/mol. The lowest BCUT2D eigenvalue weighted by Crippen LogP contribution is -1.97. The molecule has 0 atom stereocenters. The summed E-state index contributed by atoms with van der Waals surface area (Å²) in [4.78, 5) is 0. The minimum atomic E-state index is 0.0457. The molecule has 0 heterocycles. The van der Waals surface area contributed by atoms with Crippen molar-refractivity contribution in [1.29, 1.82) is 0 Å². The van der Waals surface area contributed by atoms with Gasteiger partial charge < -0.3 is 19.7 Å². The summed E-state index contributed by atoms with van der Waals surface area (Å²) in [7, 11) is 2.96. The Hall–Kier alpha value is -1.13. The van der Waals surface area contributed by atoms with Crippen molar-refractivity contribution in [3.05, 3.63) is 16.7 Å². The Kier molecular flexibility index (Phi) is 4.71. The molecule has 1 rings (SSSR count). The van der Waals surface area contributed by atoms with Gasteiger partial charge in [0.15, 0.2) is 11.5 Å². The zero-order chi connectivity index (χ0) is 12.1. The molecule has 0 saturated heterocycles. The van der Waals surface area contributed by atoms with Gasteiger partial charge in [0, 0.05) is 18.2 Å². The average Bonchev–Trinajstić information content (AvgIpc) is 2.28. The van der Waals surface area contributed by atoms with E-state index in [9.17, 15) is 5.11 Å². The number of rotatable bonds is 5. The van der Waals surface area contributed by atoms with Crippen LogP contribution in [0.2, 0.25) is 5.02 Å². The maximum Gasteiger partial charge on any atom is 0.179 e. The fourth-order valence-electron chi connectivity index (χ4n) is 1.47. The first-order valence-electron chi connectivity index (χ1n) is 4.88. The second-order valence-corrected chi connectivity index (χ2v) is 3.63. The average molecular weight is 247 g/mol. The quantitative estimate of drug-likeness (QED) is 0.834. The molecular formula is C11H15ClO4. The van der Waals surface area contributed by atoms with Crippen molar-refractivity contribution in [3.63, 3.8) is 0 Å². The van der Waals surface area contributed by atoms with E-state index in [1.807, 2.05) is 0 Å². The number of aliphatic hydroxyl groups is 1. The van der Waals surface area contributed by atoms with E-state index < -0.39 is 0 Å². The molecular weight excluding hydrogens is 232 g/mol. The maximum absolute atomic E-state index is 9.75. The second kappa shape index (κ2) is 5.82. The van der Waals surface area contributed by atoms with E-state index in [0.29, 0.717) is 34.9 Å². The summed E-state index contributed by atoms with van der Waals surface area (Å²) in [6, 6.07) is 1.46. The third-order valence-electron chi connectivity index (χ3n) is 2.27. The molecule has 1 aromatic carbocycles. The van der Waals surface area contributed by atoms with E-state index in [0.717, 1.165) is 0 Å². The molecule has 90 valence electrons. The van der Waals surface area contributed by atoms with Crippen molar-refractivity contribution >= 4 is 11.6 Å². The van der Waals surface area contributed by atoms with Crippen LogP contribution >= 0.6 is 11.6 Å². The highest BCUT2D eigenvalue weighted by Gasteiger charge is 2.17. The van der Waals surface area contributed by atoms with Gasteiger partial charge in [0.05, 0.1) is 19.2 Å². The first-order valence-corrected chi connectivity index (χ1v) is 5.26. The number of hydrogen-bond acceptors (Lipinski definition) is 4. The second-order valence-electron chi connectivity index (χ2n) is 3.25. The van der Waals surface area contributed by atoms with Crippen molar-refractivity contribution in [2.24, 2.45) is 0 Å². The predicted octanol–water partition coefficient (Wildman–Crippen LogP) is 1.99. The molecule has 0 fully saturated rings. The Morgan fingerprint density at radius 3 is 2.50 bits per heavy atom. The zero-order valence-electron chi connectivity index (χ0n) is 9.29. The van der Waals surface area contributed by atoms with Gasteiger partial charge in [0.2, 0.25) is 0 Å². The standard InChI is InChI=1S/C11H15ClO4/c1-15-9-6-8(14)7(4-3-5-13)10(12)11(9)16-2/h6,13-14H,3-5H2,1-2H3. The maximum atomic E-state index is 9.75. The van der Waals surface area contributed by atoms with Crippen LogP contribution in [0.3, 0.4) is 0 Å². The lowest BCUT2D eigenvalue weighted by molar-refractivity contribution is 0.287. The van der Waals surface area contributed by atoms with Gasteiger partial charge in [-0.3, -0.25) is 0 Å². The number of aromatic hydroxyl groups is 1. The van der Waals surface area contributed by atoms with E-state index in [-0.39, 0.29) is 12.4 Å². The fourth-order valence-corrected chi connectivity index (χ4v) is 1.83. The van der Waals surface area contributed by atoms with Crippen LogP contribution in [0.4, 0.5) is 0 Å². The molecule has 2 N–H and O–H groups in total. The van der Waals surface area contributed by atoms with Crippen molar-refractivity contribution < 1.29 is 19.7 Å². The van der Waals surface area contributed by atoms with Gasteiger partial charge in [-0.25, -0.2) is 0 Å². The highest BCUT2D eigenvalue weighted by molar-refractivity contribution is 6.33. The molecule has 0 saturated carbocycles. The molecule has 0 spiro atoms. The van der Waals surface area contributed by atoms with Crippen molar-refractivity contribution in [2.45, 2.75) is 12.8 Å². The number of halogens is 1. The van der Waals surface area contributed by atoms with Gasteiger partial charge in [0.1, 0.15) is 5.75 Å². The number of phenolic OH excluding ortho intramolecular Hbond substituents is 1. The van der Waals surface area contributed by atoms with Crippen LogP contribution in [0, 0.1) is 0 Å². The van der Waals surface area contributed by atoms with Crippen LogP contribution in [0.15, 0.2) is 6.07 Å². The van der Waals surface area contributed by atoms with Gasteiger partial charge in [-0.2, -0.15) is 0 Å². The largest absolute Gasteiger partial charge is 0.507 e. The summed E-state index contributed by atoms with van der Waals surface area (Å²) in [5.74, 6) is 0.837. The highest BCUT2D eigenvalue weighted by atomic mass is 35.5. The molecule has 0 unspecified atom stereocenters. The van der Waals surface area contributed by atoms with Gasteiger partial charge in [-0.05, 0) is 12.8 Å². The van der Waals surface area contributed by atoms with Crippen LogP contribution in [0.25, 0.3) is 0 Å². The molecule has 4 nitrogen and oxygen atoms in total. The molecule has 0 radical (unpaired) electrons. The lowest BCUT2D eigenvalue weighted by atomic mass is 10.1. The van der Waals surface area contributed by atoms with Gasteiger partial charge in [-0.1, -0.05) is 11.6 Å². The third kappa shape index (κ3) is 2.51. The van der Waals surface area contributed by atoms with E-state index in [1.54, 1.807) is 0 Å². The summed E-state index contributed by atoms with van der Waals surface area (Å²) in [6.07, 6.45) is 1.02. The minimum Gasteiger partial charge on any atom is -0.507 e. The van der Waals surface area contributed by atoms with Crippen LogP contribution in [-0.4, -0.2) is 31.0 Å². The molecule has 0 bridgehead atoms. The minimum absolute atomic E-state index is 0.0457. The van der Waals surface area contributed by atoms with Crippen molar-refractivity contribution in [2.75, 3.05) is 20.8 Å². The number of phenols is 1. The molecule has 1 aromatic rings. The Morgan fingerprint density at radius 2 is 2.00 bits per heavy atom. The third-order valence-corrected chi connectivity index (χ3v) is 2.67. The van der Waals surface area contributed by atoms with Gasteiger partial charge >= 0.3 is 0 Å². The summed E-state index contributed by atoms with van der Waals surface area (Å²) in [5.41, 5.74) is 0.563. The number of hydrogen-bond donors (Lipinski definition) is 2. The highest BCUT2D eigenvalue weighted by Crippen LogP contribution is 2.42. The van der Waals surface area contributed by atoms with E-state index in [1.165, 1.54) is 20.3 Å². The Balaban J connectivity index is 3.18. The van der Waals surface area contributed by atoms with E-state index in [4.69, 9.17) is 26.2 Å². The topological polar surface area (TPSA) is 58.9 Å². The fraction of sp³-hybridized carbons (Fsp3) is 0.455. The number of aliphatic hydroxyl groups excluding tert-OH is 1.